The van der Waals surface area contributed by atoms with E-state index < -0.39 is 49.5 Å². The Morgan fingerprint density at radius 1 is 0.623 bits per heavy atom. The Morgan fingerprint density at radius 3 is 1.74 bits per heavy atom. The third-order valence-electron chi connectivity index (χ3n) is 11.2. The summed E-state index contributed by atoms with van der Waals surface area (Å²) in [6.07, 6.45) is 37.9. The first-order valence-electron chi connectivity index (χ1n) is 24.4. The highest BCUT2D eigenvalue weighted by Gasteiger charge is 2.44. The maximum atomic E-state index is 12.9. The number of aliphatic hydroxyl groups excluding tert-OH is 5. The number of unbranched alkanes of at least 4 members (excludes halogenated alkanes) is 21. The summed E-state index contributed by atoms with van der Waals surface area (Å²) in [6, 6.07) is -0.853. The van der Waals surface area contributed by atoms with Crippen LogP contribution < -0.4 is 5.32 Å². The molecule has 1 heterocycles. The summed E-state index contributed by atoms with van der Waals surface area (Å²) in [5.41, 5.74) is 0. The van der Waals surface area contributed by atoms with Gasteiger partial charge in [-0.05, 0) is 77.6 Å². The predicted molar refractivity (Wildman–Crippen MR) is 246 cm³/mol. The molecule has 1 rings (SSSR count). The van der Waals surface area contributed by atoms with E-state index in [1.807, 2.05) is 19.1 Å². The zero-order chi connectivity index (χ0) is 44.6. The van der Waals surface area contributed by atoms with Gasteiger partial charge in [0.15, 0.2) is 6.29 Å². The molecule has 0 spiro atoms. The van der Waals surface area contributed by atoms with Gasteiger partial charge in [-0.3, -0.25) is 9.59 Å². The van der Waals surface area contributed by atoms with Crippen molar-refractivity contribution in [1.82, 2.24) is 5.32 Å². The second kappa shape index (κ2) is 40.4. The van der Waals surface area contributed by atoms with Crippen molar-refractivity contribution in [2.45, 2.75) is 236 Å². The molecule has 0 radical (unpaired) electrons. The highest BCUT2D eigenvalue weighted by Crippen LogP contribution is 2.22. The van der Waals surface area contributed by atoms with Crippen molar-refractivity contribution in [2.75, 3.05) is 19.8 Å². The van der Waals surface area contributed by atoms with E-state index in [0.717, 1.165) is 70.6 Å². The van der Waals surface area contributed by atoms with E-state index in [4.69, 9.17) is 14.2 Å². The molecule has 61 heavy (non-hydrogen) atoms. The molecule has 7 unspecified atom stereocenters. The van der Waals surface area contributed by atoms with Crippen LogP contribution in [0.2, 0.25) is 0 Å². The summed E-state index contributed by atoms with van der Waals surface area (Å²) in [4.78, 5) is 24.9. The van der Waals surface area contributed by atoms with Crippen LogP contribution in [0, 0.1) is 0 Å². The van der Waals surface area contributed by atoms with Gasteiger partial charge < -0.3 is 45.1 Å². The molecule has 6 N–H and O–H groups in total. The number of hydrogen-bond donors (Lipinski definition) is 6. The largest absolute Gasteiger partial charge is 0.466 e. The second-order valence-corrected chi connectivity index (χ2v) is 16.8. The van der Waals surface area contributed by atoms with Gasteiger partial charge in [0.2, 0.25) is 5.91 Å². The Bertz CT molecular complexity index is 1160. The smallest absolute Gasteiger partial charge is 0.305 e. The van der Waals surface area contributed by atoms with Gasteiger partial charge in [-0.15, -0.1) is 0 Å². The summed E-state index contributed by atoms with van der Waals surface area (Å²) in [5, 5.41) is 53.9. The van der Waals surface area contributed by atoms with Crippen molar-refractivity contribution in [3.63, 3.8) is 0 Å². The molecule has 11 nitrogen and oxygen atoms in total. The van der Waals surface area contributed by atoms with Gasteiger partial charge >= 0.3 is 5.97 Å². The molecule has 1 saturated heterocycles. The number of rotatable bonds is 40. The van der Waals surface area contributed by atoms with Crippen LogP contribution in [-0.4, -0.2) is 100 Å². The molecule has 0 aromatic carbocycles. The third kappa shape index (κ3) is 31.2. The van der Waals surface area contributed by atoms with E-state index in [-0.39, 0.29) is 24.9 Å². The zero-order valence-corrected chi connectivity index (χ0v) is 38.4. The lowest BCUT2D eigenvalue weighted by molar-refractivity contribution is -0.302. The average Bonchev–Trinajstić information content (AvgIpc) is 3.25. The Kier molecular flexibility index (Phi) is 37.5. The highest BCUT2D eigenvalue weighted by molar-refractivity contribution is 5.76. The number of nitrogens with one attached hydrogen (secondary N) is 1. The first-order chi connectivity index (χ1) is 29.7. The van der Waals surface area contributed by atoms with Crippen molar-refractivity contribution >= 4 is 11.9 Å². The summed E-state index contributed by atoms with van der Waals surface area (Å²) in [5.74, 6) is -0.270. The van der Waals surface area contributed by atoms with Crippen LogP contribution in [0.4, 0.5) is 0 Å². The Hall–Kier alpha value is -2.38. The number of amides is 1. The first kappa shape index (κ1) is 56.6. The van der Waals surface area contributed by atoms with Crippen molar-refractivity contribution in [3.8, 4) is 0 Å². The van der Waals surface area contributed by atoms with E-state index in [0.29, 0.717) is 25.9 Å². The van der Waals surface area contributed by atoms with Gasteiger partial charge in [0.25, 0.3) is 0 Å². The van der Waals surface area contributed by atoms with Crippen LogP contribution in [0.1, 0.15) is 194 Å². The van der Waals surface area contributed by atoms with Gasteiger partial charge in [-0.2, -0.15) is 0 Å². The second-order valence-electron chi connectivity index (χ2n) is 16.8. The monoisotopic (exact) mass is 864 g/mol. The predicted octanol–water partition coefficient (Wildman–Crippen LogP) is 9.38. The molecule has 0 aromatic rings. The lowest BCUT2D eigenvalue weighted by atomic mass is 9.99. The van der Waals surface area contributed by atoms with E-state index in [2.05, 4.69) is 42.6 Å². The number of allylic oxidation sites excluding steroid dienone is 7. The Balaban J connectivity index is 2.19. The fourth-order valence-corrected chi connectivity index (χ4v) is 7.29. The van der Waals surface area contributed by atoms with Gasteiger partial charge in [0.05, 0.1) is 32.0 Å². The fraction of sp³-hybridized carbons (Fsp3) is 0.800. The molecule has 1 fully saturated rings. The quantitative estimate of drug-likeness (QED) is 0.0198. The van der Waals surface area contributed by atoms with Gasteiger partial charge in [0.1, 0.15) is 24.4 Å². The molecule has 11 heteroatoms. The lowest BCUT2D eigenvalue weighted by Crippen LogP contribution is -2.60. The number of ether oxygens (including phenoxy) is 3. The minimum absolute atomic E-state index is 0.0385. The van der Waals surface area contributed by atoms with E-state index in [9.17, 15) is 35.1 Å². The SMILES string of the molecule is C/C=C/CC/C=C/CC/C=C/C(O)C(COC1OC(CO)C(O)C(O)C1O)NC(=O)CCCCC/C=C\CCCCCCCCOC(=O)CCCCCCCCCCCCC. The maximum Gasteiger partial charge on any atom is 0.305 e. The third-order valence-corrected chi connectivity index (χ3v) is 11.2. The Morgan fingerprint density at radius 2 is 1.13 bits per heavy atom. The van der Waals surface area contributed by atoms with Crippen LogP contribution in [-0.2, 0) is 23.8 Å². The first-order valence-corrected chi connectivity index (χ1v) is 24.4. The summed E-state index contributed by atoms with van der Waals surface area (Å²) < 4.78 is 16.6. The summed E-state index contributed by atoms with van der Waals surface area (Å²) >= 11 is 0. The standard InChI is InChI=1S/C50H89NO10/c1-3-5-7-9-11-13-17-22-26-30-34-38-46(55)59-39-35-31-27-23-19-16-14-15-18-21-25-29-33-37-45(54)51-42(43(53)36-32-28-24-20-12-10-8-6-4-2)41-60-50-49(58)48(57)47(56)44(40-52)61-50/h4,6,12,15,18,20,32,36,42-44,47-50,52-53,56-58H,3,5,7-11,13-14,16-17,19,21-31,33-35,37-41H2,1-2H3,(H,51,54)/b6-4+,18-15-,20-12+,36-32+. The number of carbonyl (C=O) groups is 2. The normalized spacial score (nSPS) is 20.7. The average molecular weight is 864 g/mol. The molecule has 0 bridgehead atoms. The minimum atomic E-state index is -1.59. The van der Waals surface area contributed by atoms with Crippen molar-refractivity contribution < 1.29 is 49.3 Å². The number of carbonyl (C=O) groups excluding carboxylic acids is 2. The summed E-state index contributed by atoms with van der Waals surface area (Å²) in [7, 11) is 0. The number of esters is 1. The molecular weight excluding hydrogens is 775 g/mol. The molecule has 0 saturated carbocycles. The summed E-state index contributed by atoms with van der Waals surface area (Å²) in [6.45, 7) is 3.99. The van der Waals surface area contributed by atoms with Crippen LogP contribution in [0.15, 0.2) is 48.6 Å². The van der Waals surface area contributed by atoms with Gasteiger partial charge in [0, 0.05) is 12.8 Å². The molecule has 0 aromatic heterocycles. The topological polar surface area (TPSA) is 175 Å². The molecular formula is C50H89NO10. The molecule has 354 valence electrons. The van der Waals surface area contributed by atoms with Crippen LogP contribution >= 0.6 is 0 Å². The van der Waals surface area contributed by atoms with Gasteiger partial charge in [-0.25, -0.2) is 0 Å². The maximum absolute atomic E-state index is 12.9. The van der Waals surface area contributed by atoms with E-state index >= 15 is 0 Å². The molecule has 1 aliphatic rings. The van der Waals surface area contributed by atoms with Gasteiger partial charge in [-0.1, -0.05) is 152 Å². The van der Waals surface area contributed by atoms with E-state index in [1.165, 1.54) is 83.5 Å². The molecule has 0 aliphatic carbocycles. The van der Waals surface area contributed by atoms with Crippen molar-refractivity contribution in [3.05, 3.63) is 48.6 Å². The lowest BCUT2D eigenvalue weighted by Gasteiger charge is -2.40. The number of hydrogen-bond acceptors (Lipinski definition) is 10. The molecule has 7 atom stereocenters. The number of aliphatic hydroxyl groups is 5. The van der Waals surface area contributed by atoms with Crippen molar-refractivity contribution in [1.29, 1.82) is 0 Å². The van der Waals surface area contributed by atoms with Crippen molar-refractivity contribution in [2.24, 2.45) is 0 Å². The minimum Gasteiger partial charge on any atom is -0.466 e. The Labute approximate surface area is 370 Å². The van der Waals surface area contributed by atoms with Crippen LogP contribution in [0.25, 0.3) is 0 Å². The van der Waals surface area contributed by atoms with Crippen LogP contribution in [0.3, 0.4) is 0 Å². The zero-order valence-electron chi connectivity index (χ0n) is 38.4. The van der Waals surface area contributed by atoms with Crippen LogP contribution in [0.5, 0.6) is 0 Å². The fourth-order valence-electron chi connectivity index (χ4n) is 7.29. The molecule has 1 aliphatic heterocycles. The highest BCUT2D eigenvalue weighted by atomic mass is 16.7. The molecule has 1 amide bonds. The van der Waals surface area contributed by atoms with E-state index in [1.54, 1.807) is 6.08 Å².